The van der Waals surface area contributed by atoms with E-state index in [9.17, 15) is 12.8 Å². The van der Waals surface area contributed by atoms with Gasteiger partial charge in [-0.2, -0.15) is 0 Å². The smallest absolute Gasteiger partial charge is 0.240 e. The largest absolute Gasteiger partial charge is 0.329 e. The van der Waals surface area contributed by atoms with Gasteiger partial charge in [0.2, 0.25) is 10.0 Å². The first kappa shape index (κ1) is 15.4. The Balaban J connectivity index is 0.00000162. The molecule has 102 valence electrons. The minimum absolute atomic E-state index is 0. The molecular weight excluding hydrogens is 279 g/mol. The summed E-state index contributed by atoms with van der Waals surface area (Å²) in [6.45, 7) is 0.263. The molecule has 1 aromatic carbocycles. The van der Waals surface area contributed by atoms with Crippen LogP contribution in [0.25, 0.3) is 0 Å². The molecular formula is C11H16ClFN2O2S. The van der Waals surface area contributed by atoms with Gasteiger partial charge in [0.05, 0.1) is 4.90 Å². The molecule has 1 aliphatic carbocycles. The van der Waals surface area contributed by atoms with E-state index in [1.807, 2.05) is 0 Å². The molecule has 0 aliphatic heterocycles. The van der Waals surface area contributed by atoms with Gasteiger partial charge in [-0.05, 0) is 37.0 Å². The molecule has 0 amide bonds. The van der Waals surface area contributed by atoms with Gasteiger partial charge in [0, 0.05) is 12.6 Å². The lowest BCUT2D eigenvalue weighted by molar-refractivity contribution is 0.518. The fourth-order valence-corrected chi connectivity index (χ4v) is 3.09. The van der Waals surface area contributed by atoms with E-state index in [4.69, 9.17) is 5.73 Å². The number of benzene rings is 1. The van der Waals surface area contributed by atoms with Crippen molar-refractivity contribution in [1.29, 1.82) is 0 Å². The topological polar surface area (TPSA) is 72.2 Å². The Morgan fingerprint density at radius 1 is 1.44 bits per heavy atom. The highest BCUT2D eigenvalue weighted by Crippen LogP contribution is 2.32. The molecule has 0 bridgehead atoms. The molecule has 1 aromatic rings. The third-order valence-corrected chi connectivity index (χ3v) is 4.35. The molecule has 0 radical (unpaired) electrons. The predicted octanol–water partition coefficient (Wildman–Crippen LogP) is 1.26. The highest BCUT2D eigenvalue weighted by atomic mass is 35.5. The zero-order chi connectivity index (χ0) is 12.5. The maximum Gasteiger partial charge on any atom is 0.240 e. The van der Waals surface area contributed by atoms with E-state index in [0.717, 1.165) is 18.9 Å². The Morgan fingerprint density at radius 3 is 2.61 bits per heavy atom. The first-order valence-electron chi connectivity index (χ1n) is 5.51. The molecule has 1 unspecified atom stereocenters. The van der Waals surface area contributed by atoms with E-state index in [1.54, 1.807) is 0 Å². The molecule has 2 rings (SSSR count). The number of sulfonamides is 1. The maximum absolute atomic E-state index is 13.0. The van der Waals surface area contributed by atoms with Crippen LogP contribution in [0.2, 0.25) is 0 Å². The number of rotatable bonds is 5. The van der Waals surface area contributed by atoms with Gasteiger partial charge in [-0.1, -0.05) is 6.07 Å². The predicted molar refractivity (Wildman–Crippen MR) is 69.5 cm³/mol. The van der Waals surface area contributed by atoms with Crippen molar-refractivity contribution in [3.05, 3.63) is 30.1 Å². The van der Waals surface area contributed by atoms with Crippen LogP contribution in [0.15, 0.2) is 29.2 Å². The molecule has 1 atom stereocenters. The lowest BCUT2D eigenvalue weighted by atomic mass is 10.2. The van der Waals surface area contributed by atoms with E-state index in [-0.39, 0.29) is 29.9 Å². The number of nitrogens with one attached hydrogen (secondary N) is 1. The first-order chi connectivity index (χ1) is 8.03. The zero-order valence-corrected chi connectivity index (χ0v) is 11.3. The standard InChI is InChI=1S/C11H15FN2O2S.ClH/c12-9-2-1-3-10(6-9)17(15,16)14-11(7-13)8-4-5-8;/h1-3,6,8,11,14H,4-5,7,13H2;1H. The van der Waals surface area contributed by atoms with Gasteiger partial charge in [0.15, 0.2) is 0 Å². The summed E-state index contributed by atoms with van der Waals surface area (Å²) in [4.78, 5) is -0.0587. The van der Waals surface area contributed by atoms with E-state index >= 15 is 0 Å². The summed E-state index contributed by atoms with van der Waals surface area (Å²) in [7, 11) is -3.67. The summed E-state index contributed by atoms with van der Waals surface area (Å²) in [6.07, 6.45) is 1.99. The van der Waals surface area contributed by atoms with Crippen molar-refractivity contribution in [3.63, 3.8) is 0 Å². The minimum atomic E-state index is -3.67. The van der Waals surface area contributed by atoms with Crippen LogP contribution < -0.4 is 10.5 Å². The van der Waals surface area contributed by atoms with Gasteiger partial charge >= 0.3 is 0 Å². The van der Waals surface area contributed by atoms with E-state index < -0.39 is 15.8 Å². The Kier molecular flexibility index (Phi) is 5.10. The van der Waals surface area contributed by atoms with Gasteiger partial charge in [0.1, 0.15) is 5.82 Å². The third kappa shape index (κ3) is 3.65. The Hall–Kier alpha value is -0.690. The van der Waals surface area contributed by atoms with E-state index in [1.165, 1.54) is 18.2 Å². The molecule has 4 nitrogen and oxygen atoms in total. The summed E-state index contributed by atoms with van der Waals surface area (Å²) in [5.74, 6) is -0.244. The van der Waals surface area contributed by atoms with Crippen LogP contribution in [0.3, 0.4) is 0 Å². The molecule has 1 aliphatic rings. The van der Waals surface area contributed by atoms with Crippen LogP contribution in [0, 0.1) is 11.7 Å². The Morgan fingerprint density at radius 2 is 2.11 bits per heavy atom. The molecule has 0 saturated heterocycles. The van der Waals surface area contributed by atoms with E-state index in [2.05, 4.69) is 4.72 Å². The summed E-state index contributed by atoms with van der Waals surface area (Å²) < 4.78 is 39.4. The third-order valence-electron chi connectivity index (χ3n) is 2.86. The quantitative estimate of drug-likeness (QED) is 0.859. The normalized spacial score (nSPS) is 17.0. The lowest BCUT2D eigenvalue weighted by Gasteiger charge is -2.16. The second kappa shape index (κ2) is 5.97. The monoisotopic (exact) mass is 294 g/mol. The first-order valence-corrected chi connectivity index (χ1v) is 6.99. The lowest BCUT2D eigenvalue weighted by Crippen LogP contribution is -2.41. The number of hydrogen-bond acceptors (Lipinski definition) is 3. The summed E-state index contributed by atoms with van der Waals surface area (Å²) in [6, 6.07) is 4.70. The van der Waals surface area contributed by atoms with Crippen LogP contribution in [-0.4, -0.2) is 21.0 Å². The Bertz CT molecular complexity index is 506. The van der Waals surface area contributed by atoms with Crippen molar-refractivity contribution in [2.75, 3.05) is 6.54 Å². The van der Waals surface area contributed by atoms with Crippen LogP contribution in [0.4, 0.5) is 4.39 Å². The van der Waals surface area contributed by atoms with Gasteiger partial charge in [0.25, 0.3) is 0 Å². The zero-order valence-electron chi connectivity index (χ0n) is 9.67. The molecule has 18 heavy (non-hydrogen) atoms. The minimum Gasteiger partial charge on any atom is -0.329 e. The van der Waals surface area contributed by atoms with Crippen molar-refractivity contribution >= 4 is 22.4 Å². The van der Waals surface area contributed by atoms with E-state index in [0.29, 0.717) is 5.92 Å². The number of halogens is 2. The van der Waals surface area contributed by atoms with Crippen molar-refractivity contribution in [2.45, 2.75) is 23.8 Å². The molecule has 0 spiro atoms. The van der Waals surface area contributed by atoms with Crippen LogP contribution in [0.1, 0.15) is 12.8 Å². The molecule has 0 aromatic heterocycles. The van der Waals surface area contributed by atoms with Crippen molar-refractivity contribution in [3.8, 4) is 0 Å². The van der Waals surface area contributed by atoms with Gasteiger partial charge in [-0.3, -0.25) is 0 Å². The van der Waals surface area contributed by atoms with Crippen LogP contribution in [0.5, 0.6) is 0 Å². The average molecular weight is 295 g/mol. The van der Waals surface area contributed by atoms with Crippen LogP contribution >= 0.6 is 12.4 Å². The molecule has 0 heterocycles. The number of nitrogens with two attached hydrogens (primary N) is 1. The highest BCUT2D eigenvalue weighted by Gasteiger charge is 2.33. The molecule has 1 saturated carbocycles. The number of hydrogen-bond donors (Lipinski definition) is 2. The maximum atomic E-state index is 13.0. The molecule has 7 heteroatoms. The highest BCUT2D eigenvalue weighted by molar-refractivity contribution is 7.89. The van der Waals surface area contributed by atoms with Crippen LogP contribution in [-0.2, 0) is 10.0 Å². The summed E-state index contributed by atoms with van der Waals surface area (Å²) >= 11 is 0. The summed E-state index contributed by atoms with van der Waals surface area (Å²) in [5.41, 5.74) is 5.53. The SMILES string of the molecule is Cl.NCC(NS(=O)(=O)c1cccc(F)c1)C1CC1. The second-order valence-electron chi connectivity index (χ2n) is 4.26. The second-order valence-corrected chi connectivity index (χ2v) is 5.97. The molecule has 3 N–H and O–H groups in total. The summed E-state index contributed by atoms with van der Waals surface area (Å²) in [5, 5.41) is 0. The van der Waals surface area contributed by atoms with Gasteiger partial charge < -0.3 is 5.73 Å². The average Bonchev–Trinajstić information content (AvgIpc) is 3.10. The van der Waals surface area contributed by atoms with Gasteiger partial charge in [-0.15, -0.1) is 12.4 Å². The fraction of sp³-hybridized carbons (Fsp3) is 0.455. The molecule has 1 fully saturated rings. The Labute approximate surface area is 112 Å². The fourth-order valence-electron chi connectivity index (χ4n) is 1.74. The van der Waals surface area contributed by atoms with Crippen molar-refractivity contribution in [1.82, 2.24) is 4.72 Å². The van der Waals surface area contributed by atoms with Gasteiger partial charge in [-0.25, -0.2) is 17.5 Å². The van der Waals surface area contributed by atoms with Crippen molar-refractivity contribution in [2.24, 2.45) is 11.7 Å². The van der Waals surface area contributed by atoms with Crippen molar-refractivity contribution < 1.29 is 12.8 Å².